The Hall–Kier alpha value is -2.81. The van der Waals surface area contributed by atoms with Crippen molar-refractivity contribution in [1.82, 2.24) is 0 Å². The second kappa shape index (κ2) is 8.69. The normalized spacial score (nSPS) is 23.2. The second-order valence-corrected chi connectivity index (χ2v) is 7.49. The molecule has 1 aliphatic rings. The summed E-state index contributed by atoms with van der Waals surface area (Å²) in [5.41, 5.74) is 0.599. The summed E-state index contributed by atoms with van der Waals surface area (Å²) >= 11 is 6.12. The van der Waals surface area contributed by atoms with Crippen LogP contribution in [0, 0.1) is 26.2 Å². The first kappa shape index (κ1) is 20.9. The minimum atomic E-state index is -1.45. The van der Waals surface area contributed by atoms with Gasteiger partial charge in [0.2, 0.25) is 5.60 Å². The van der Waals surface area contributed by atoms with Crippen molar-refractivity contribution in [3.63, 3.8) is 0 Å². The molecule has 0 bridgehead atoms. The Bertz CT molecular complexity index is 929. The highest BCUT2D eigenvalue weighted by Gasteiger charge is 2.51. The van der Waals surface area contributed by atoms with Gasteiger partial charge in [0.25, 0.3) is 0 Å². The lowest BCUT2D eigenvalue weighted by molar-refractivity contribution is -0.0706. The van der Waals surface area contributed by atoms with Crippen molar-refractivity contribution < 1.29 is 23.8 Å². The summed E-state index contributed by atoms with van der Waals surface area (Å²) in [6, 6.07) is 13.9. The van der Waals surface area contributed by atoms with Gasteiger partial charge in [0.05, 0.1) is 11.1 Å². The first-order chi connectivity index (χ1) is 13.8. The molecule has 150 valence electrons. The summed E-state index contributed by atoms with van der Waals surface area (Å²) in [6.45, 7) is 3.55. The number of rotatable bonds is 5. The number of aryl methyl sites for hydroxylation is 2. The SMILES string of the molecule is C#CC1(COC(=O)c2ccc(C)cc2)OC(Cl)CC1OC(=O)c1ccc(C)cc1. The Morgan fingerprint density at radius 1 is 1.07 bits per heavy atom. The van der Waals surface area contributed by atoms with Crippen LogP contribution in [0.2, 0.25) is 0 Å². The number of alkyl halides is 1. The molecule has 2 aromatic rings. The van der Waals surface area contributed by atoms with E-state index >= 15 is 0 Å². The van der Waals surface area contributed by atoms with Gasteiger partial charge in [-0.15, -0.1) is 6.42 Å². The van der Waals surface area contributed by atoms with Gasteiger partial charge in [-0.1, -0.05) is 52.9 Å². The summed E-state index contributed by atoms with van der Waals surface area (Å²) in [7, 11) is 0. The number of carbonyl (C=O) groups excluding carboxylic acids is 2. The molecule has 0 radical (unpaired) electrons. The summed E-state index contributed by atoms with van der Waals surface area (Å²) in [5.74, 6) is 1.38. The molecule has 0 aromatic heterocycles. The molecule has 5 nitrogen and oxygen atoms in total. The van der Waals surface area contributed by atoms with E-state index in [1.807, 2.05) is 26.0 Å². The Balaban J connectivity index is 1.72. The first-order valence-corrected chi connectivity index (χ1v) is 9.58. The van der Waals surface area contributed by atoms with Crippen LogP contribution >= 0.6 is 11.6 Å². The zero-order valence-electron chi connectivity index (χ0n) is 16.2. The van der Waals surface area contributed by atoms with Crippen molar-refractivity contribution in [2.75, 3.05) is 6.61 Å². The average Bonchev–Trinajstić information content (AvgIpc) is 3.02. The maximum atomic E-state index is 12.5. The van der Waals surface area contributed by atoms with Gasteiger partial charge in [0.1, 0.15) is 18.3 Å². The lowest BCUT2D eigenvalue weighted by Gasteiger charge is -2.28. The van der Waals surface area contributed by atoms with Gasteiger partial charge in [0, 0.05) is 6.42 Å². The van der Waals surface area contributed by atoms with Gasteiger partial charge in [-0.05, 0) is 38.1 Å². The number of terminal acetylenes is 1. The number of hydrogen-bond donors (Lipinski definition) is 0. The Labute approximate surface area is 174 Å². The molecular weight excluding hydrogens is 392 g/mol. The van der Waals surface area contributed by atoms with E-state index in [1.54, 1.807) is 36.4 Å². The quantitative estimate of drug-likeness (QED) is 0.421. The molecule has 0 amide bonds. The van der Waals surface area contributed by atoms with Crippen molar-refractivity contribution in [1.29, 1.82) is 0 Å². The van der Waals surface area contributed by atoms with Crippen LogP contribution in [0.5, 0.6) is 0 Å². The molecule has 0 aliphatic carbocycles. The van der Waals surface area contributed by atoms with E-state index in [1.165, 1.54) is 0 Å². The van der Waals surface area contributed by atoms with Crippen LogP contribution in [0.3, 0.4) is 0 Å². The van der Waals surface area contributed by atoms with Crippen LogP contribution in [0.4, 0.5) is 0 Å². The van der Waals surface area contributed by atoms with E-state index in [0.717, 1.165) is 11.1 Å². The van der Waals surface area contributed by atoms with Crippen molar-refractivity contribution in [3.8, 4) is 12.3 Å². The van der Waals surface area contributed by atoms with E-state index < -0.39 is 29.2 Å². The predicted octanol–water partition coefficient (Wildman–Crippen LogP) is 4.04. The fourth-order valence-electron chi connectivity index (χ4n) is 2.98. The molecule has 3 atom stereocenters. The van der Waals surface area contributed by atoms with E-state index in [0.29, 0.717) is 11.1 Å². The number of halogens is 1. The molecule has 6 heteroatoms. The highest BCUT2D eigenvalue weighted by molar-refractivity contribution is 6.20. The minimum Gasteiger partial charge on any atom is -0.458 e. The van der Waals surface area contributed by atoms with Gasteiger partial charge in [0.15, 0.2) is 0 Å². The van der Waals surface area contributed by atoms with Crippen molar-refractivity contribution in [2.24, 2.45) is 0 Å². The van der Waals surface area contributed by atoms with Crippen LogP contribution in [-0.4, -0.2) is 35.8 Å². The Morgan fingerprint density at radius 2 is 1.59 bits per heavy atom. The van der Waals surface area contributed by atoms with Gasteiger partial charge >= 0.3 is 11.9 Å². The smallest absolute Gasteiger partial charge is 0.338 e. The summed E-state index contributed by atoms with van der Waals surface area (Å²) in [6.07, 6.45) is 5.02. The molecule has 1 fully saturated rings. The molecule has 0 spiro atoms. The monoisotopic (exact) mass is 412 g/mol. The number of ether oxygens (including phenoxy) is 3. The van der Waals surface area contributed by atoms with Crippen molar-refractivity contribution >= 4 is 23.5 Å². The highest BCUT2D eigenvalue weighted by Crippen LogP contribution is 2.35. The lowest BCUT2D eigenvalue weighted by Crippen LogP contribution is -2.45. The molecule has 3 unspecified atom stereocenters. The molecule has 2 aromatic carbocycles. The van der Waals surface area contributed by atoms with Gasteiger partial charge in [-0.25, -0.2) is 9.59 Å². The Kier molecular flexibility index (Phi) is 6.26. The van der Waals surface area contributed by atoms with Crippen LogP contribution in [0.25, 0.3) is 0 Å². The van der Waals surface area contributed by atoms with Crippen LogP contribution in [0.15, 0.2) is 48.5 Å². The second-order valence-electron chi connectivity index (χ2n) is 7.00. The fourth-order valence-corrected chi connectivity index (χ4v) is 3.30. The van der Waals surface area contributed by atoms with Crippen LogP contribution in [0.1, 0.15) is 38.3 Å². The third-order valence-electron chi connectivity index (χ3n) is 4.74. The summed E-state index contributed by atoms with van der Waals surface area (Å²) in [5, 5.41) is 0. The number of hydrogen-bond acceptors (Lipinski definition) is 5. The lowest BCUT2D eigenvalue weighted by atomic mass is 9.98. The van der Waals surface area contributed by atoms with Gasteiger partial charge < -0.3 is 14.2 Å². The highest BCUT2D eigenvalue weighted by atomic mass is 35.5. The van der Waals surface area contributed by atoms with E-state index in [9.17, 15) is 9.59 Å². The zero-order chi connectivity index (χ0) is 21.0. The maximum absolute atomic E-state index is 12.5. The first-order valence-electron chi connectivity index (χ1n) is 9.14. The summed E-state index contributed by atoms with van der Waals surface area (Å²) in [4.78, 5) is 24.9. The third-order valence-corrected chi connectivity index (χ3v) is 5.01. The van der Waals surface area contributed by atoms with Gasteiger partial charge in [-0.3, -0.25) is 0 Å². The largest absolute Gasteiger partial charge is 0.458 e. The van der Waals surface area contributed by atoms with Crippen LogP contribution in [-0.2, 0) is 14.2 Å². The number of carbonyl (C=O) groups is 2. The average molecular weight is 413 g/mol. The molecule has 0 saturated carbocycles. The molecule has 1 saturated heterocycles. The minimum absolute atomic E-state index is 0.186. The van der Waals surface area contributed by atoms with E-state index in [-0.39, 0.29) is 13.0 Å². The van der Waals surface area contributed by atoms with Gasteiger partial charge in [-0.2, -0.15) is 0 Å². The predicted molar refractivity (Wildman–Crippen MR) is 109 cm³/mol. The molecule has 1 aliphatic heterocycles. The number of esters is 2. The molecule has 0 N–H and O–H groups in total. The standard InChI is InChI=1S/C23H21ClO5/c1-4-23(14-27-21(25)17-9-5-15(2)6-10-17)19(13-20(24)29-23)28-22(26)18-11-7-16(3)8-12-18/h1,5-12,19-20H,13-14H2,2-3H3. The third kappa shape index (κ3) is 4.79. The molecular formula is C23H21ClO5. The van der Waals surface area contributed by atoms with E-state index in [2.05, 4.69) is 5.92 Å². The van der Waals surface area contributed by atoms with Crippen molar-refractivity contribution in [3.05, 3.63) is 70.8 Å². The van der Waals surface area contributed by atoms with E-state index in [4.69, 9.17) is 32.2 Å². The zero-order valence-corrected chi connectivity index (χ0v) is 16.9. The molecule has 1 heterocycles. The molecule has 29 heavy (non-hydrogen) atoms. The number of benzene rings is 2. The maximum Gasteiger partial charge on any atom is 0.338 e. The fraction of sp³-hybridized carbons (Fsp3) is 0.304. The summed E-state index contributed by atoms with van der Waals surface area (Å²) < 4.78 is 16.6. The Morgan fingerprint density at radius 3 is 2.10 bits per heavy atom. The van der Waals surface area contributed by atoms with Crippen molar-refractivity contribution in [2.45, 2.75) is 37.5 Å². The topological polar surface area (TPSA) is 61.8 Å². The molecule has 3 rings (SSSR count). The van der Waals surface area contributed by atoms with Crippen LogP contribution < -0.4 is 0 Å².